The minimum Gasteiger partial charge on any atom is -0.339 e. The number of hydrogen-bond acceptors (Lipinski definition) is 5. The predicted molar refractivity (Wildman–Crippen MR) is 135 cm³/mol. The van der Waals surface area contributed by atoms with Crippen molar-refractivity contribution in [1.82, 2.24) is 24.1 Å². The van der Waals surface area contributed by atoms with Crippen LogP contribution in [0.1, 0.15) is 44.6 Å². The van der Waals surface area contributed by atoms with Gasteiger partial charge < -0.3 is 4.90 Å². The van der Waals surface area contributed by atoms with Crippen LogP contribution in [0.25, 0.3) is 16.7 Å². The van der Waals surface area contributed by atoms with Crippen LogP contribution in [0.5, 0.6) is 0 Å². The Balaban J connectivity index is 1.49. The van der Waals surface area contributed by atoms with Crippen LogP contribution in [0.4, 0.5) is 0 Å². The minimum absolute atomic E-state index is 0.0959. The van der Waals surface area contributed by atoms with E-state index in [2.05, 4.69) is 17.1 Å². The average molecular weight is 476 g/mol. The second-order valence-electron chi connectivity index (χ2n) is 8.77. The largest absolute Gasteiger partial charge is 0.339 e. The van der Waals surface area contributed by atoms with Gasteiger partial charge in [-0.1, -0.05) is 73.5 Å². The van der Waals surface area contributed by atoms with E-state index in [0.29, 0.717) is 34.7 Å². The molecule has 0 saturated heterocycles. The number of fused-ring (bicyclic) bond motifs is 3. The lowest BCUT2D eigenvalue weighted by Crippen LogP contribution is -2.42. The Hall–Kier alpha value is -3.13. The fraction of sp³-hybridized carbons (Fsp3) is 0.385. The first-order valence-corrected chi connectivity index (χ1v) is 13.0. The standard InChI is InChI=1S/C26H29N5O2S/c1-2-29(20-13-7-4-8-14-20)23(32)18-34-26-28-27-25-30(17-19-11-5-3-6-12-19)24(33)21-15-9-10-16-22(21)31(25)26/h3,5-6,9-12,15-16,20H,2,4,7-8,13-14,17-18H2,1H3. The average Bonchev–Trinajstić information content (AvgIpc) is 3.31. The zero-order chi connectivity index (χ0) is 23.5. The maximum absolute atomic E-state index is 13.3. The van der Waals surface area contributed by atoms with Crippen LogP contribution in [0, 0.1) is 0 Å². The molecule has 1 fully saturated rings. The number of aromatic nitrogens is 4. The van der Waals surface area contributed by atoms with Crippen molar-refractivity contribution in [1.29, 1.82) is 0 Å². The van der Waals surface area contributed by atoms with Gasteiger partial charge in [-0.3, -0.25) is 18.6 Å². The Labute approximate surface area is 202 Å². The van der Waals surface area contributed by atoms with Crippen molar-refractivity contribution in [3.05, 3.63) is 70.5 Å². The molecular weight excluding hydrogens is 446 g/mol. The van der Waals surface area contributed by atoms with Gasteiger partial charge in [0.05, 0.1) is 23.2 Å². The van der Waals surface area contributed by atoms with E-state index in [4.69, 9.17) is 0 Å². The highest BCUT2D eigenvalue weighted by molar-refractivity contribution is 7.99. The van der Waals surface area contributed by atoms with Crippen molar-refractivity contribution in [3.8, 4) is 0 Å². The highest BCUT2D eigenvalue weighted by atomic mass is 32.2. The molecule has 1 saturated carbocycles. The van der Waals surface area contributed by atoms with Gasteiger partial charge in [0.15, 0.2) is 5.16 Å². The number of hydrogen-bond donors (Lipinski definition) is 0. The Morgan fingerprint density at radius 3 is 2.53 bits per heavy atom. The molecule has 1 aliphatic carbocycles. The number of benzene rings is 2. The van der Waals surface area contributed by atoms with Gasteiger partial charge >= 0.3 is 0 Å². The first-order chi connectivity index (χ1) is 16.7. The van der Waals surface area contributed by atoms with Crippen molar-refractivity contribution < 1.29 is 4.79 Å². The van der Waals surface area contributed by atoms with Gasteiger partial charge in [0, 0.05) is 12.6 Å². The van der Waals surface area contributed by atoms with Gasteiger partial charge in [-0.2, -0.15) is 0 Å². The molecule has 8 heteroatoms. The van der Waals surface area contributed by atoms with Gasteiger partial charge in [0.25, 0.3) is 5.56 Å². The molecule has 2 aromatic heterocycles. The summed E-state index contributed by atoms with van der Waals surface area (Å²) in [6, 6.07) is 17.7. The first-order valence-electron chi connectivity index (χ1n) is 12.0. The van der Waals surface area contributed by atoms with E-state index in [9.17, 15) is 9.59 Å². The SMILES string of the molecule is CCN(C(=O)CSc1nnc2n(Cc3ccccc3)c(=O)c3ccccc3n12)C1CCCCC1. The lowest BCUT2D eigenvalue weighted by atomic mass is 9.94. The Morgan fingerprint density at radius 1 is 1.03 bits per heavy atom. The molecule has 0 radical (unpaired) electrons. The van der Waals surface area contributed by atoms with E-state index in [-0.39, 0.29) is 11.5 Å². The van der Waals surface area contributed by atoms with Crippen LogP contribution in [-0.2, 0) is 11.3 Å². The summed E-state index contributed by atoms with van der Waals surface area (Å²) in [7, 11) is 0. The smallest absolute Gasteiger partial charge is 0.263 e. The quantitative estimate of drug-likeness (QED) is 0.371. The number of rotatable bonds is 7. The molecule has 176 valence electrons. The van der Waals surface area contributed by atoms with Crippen LogP contribution in [0.2, 0.25) is 0 Å². The fourth-order valence-corrected chi connectivity index (χ4v) is 5.80. The van der Waals surface area contributed by atoms with E-state index in [1.54, 1.807) is 4.57 Å². The fourth-order valence-electron chi connectivity index (χ4n) is 4.98. The lowest BCUT2D eigenvalue weighted by Gasteiger charge is -2.33. The molecule has 1 amide bonds. The summed E-state index contributed by atoms with van der Waals surface area (Å²) in [6.07, 6.45) is 5.84. The molecule has 0 spiro atoms. The van der Waals surface area contributed by atoms with Crippen LogP contribution in [0.15, 0.2) is 64.5 Å². The highest BCUT2D eigenvalue weighted by Crippen LogP contribution is 2.25. The van der Waals surface area contributed by atoms with Gasteiger partial charge in [-0.15, -0.1) is 10.2 Å². The molecule has 0 aliphatic heterocycles. The summed E-state index contributed by atoms with van der Waals surface area (Å²) in [5, 5.41) is 10.0. The molecule has 0 bridgehead atoms. The van der Waals surface area contributed by atoms with Crippen LogP contribution >= 0.6 is 11.8 Å². The summed E-state index contributed by atoms with van der Waals surface area (Å²) in [6.45, 7) is 3.19. The highest BCUT2D eigenvalue weighted by Gasteiger charge is 2.25. The van der Waals surface area contributed by atoms with Crippen molar-refractivity contribution in [2.24, 2.45) is 0 Å². The van der Waals surface area contributed by atoms with E-state index < -0.39 is 0 Å². The van der Waals surface area contributed by atoms with Crippen LogP contribution in [-0.4, -0.2) is 48.3 Å². The first kappa shape index (κ1) is 22.7. The molecule has 0 N–H and O–H groups in total. The summed E-state index contributed by atoms with van der Waals surface area (Å²) in [5.74, 6) is 0.928. The van der Waals surface area contributed by atoms with Gasteiger partial charge in [-0.05, 0) is 37.5 Å². The molecule has 4 aromatic rings. The third-order valence-electron chi connectivity index (χ3n) is 6.66. The van der Waals surface area contributed by atoms with Crippen LogP contribution < -0.4 is 5.56 Å². The van der Waals surface area contributed by atoms with Gasteiger partial charge in [0.2, 0.25) is 11.7 Å². The molecule has 34 heavy (non-hydrogen) atoms. The van der Waals surface area contributed by atoms with E-state index in [0.717, 1.165) is 30.5 Å². The molecular formula is C26H29N5O2S. The predicted octanol–water partition coefficient (Wildman–Crippen LogP) is 4.37. The third kappa shape index (κ3) is 4.34. The molecule has 7 nitrogen and oxygen atoms in total. The normalized spacial score (nSPS) is 14.6. The number of nitrogens with zero attached hydrogens (tertiary/aromatic N) is 5. The van der Waals surface area contributed by atoms with E-state index in [1.165, 1.54) is 31.0 Å². The topological polar surface area (TPSA) is 72.5 Å². The lowest BCUT2D eigenvalue weighted by molar-refractivity contribution is -0.131. The molecule has 2 heterocycles. The maximum Gasteiger partial charge on any atom is 0.263 e. The van der Waals surface area contributed by atoms with Gasteiger partial charge in [0.1, 0.15) is 0 Å². The van der Waals surface area contributed by atoms with Crippen molar-refractivity contribution in [3.63, 3.8) is 0 Å². The maximum atomic E-state index is 13.3. The summed E-state index contributed by atoms with van der Waals surface area (Å²) in [5.41, 5.74) is 1.67. The summed E-state index contributed by atoms with van der Waals surface area (Å²) < 4.78 is 3.57. The molecule has 5 rings (SSSR count). The summed E-state index contributed by atoms with van der Waals surface area (Å²) >= 11 is 1.39. The van der Waals surface area contributed by atoms with Crippen molar-refractivity contribution in [2.45, 2.75) is 56.8 Å². The number of amides is 1. The van der Waals surface area contributed by atoms with E-state index >= 15 is 0 Å². The Bertz CT molecular complexity index is 1360. The molecule has 2 aromatic carbocycles. The number of carbonyl (C=O) groups is 1. The number of carbonyl (C=O) groups excluding carboxylic acids is 1. The molecule has 1 aliphatic rings. The molecule has 0 unspecified atom stereocenters. The van der Waals surface area contributed by atoms with Crippen LogP contribution in [0.3, 0.4) is 0 Å². The number of para-hydroxylation sites is 1. The zero-order valence-corrected chi connectivity index (χ0v) is 20.2. The molecule has 0 atom stereocenters. The van der Waals surface area contributed by atoms with Crippen molar-refractivity contribution >= 4 is 34.3 Å². The second kappa shape index (κ2) is 10.0. The van der Waals surface area contributed by atoms with Gasteiger partial charge in [-0.25, -0.2) is 0 Å². The Kier molecular flexibility index (Phi) is 6.67. The number of thioether (sulfide) groups is 1. The third-order valence-corrected chi connectivity index (χ3v) is 7.58. The second-order valence-corrected chi connectivity index (χ2v) is 9.71. The summed E-state index contributed by atoms with van der Waals surface area (Å²) in [4.78, 5) is 28.5. The minimum atomic E-state index is -0.0959. The van der Waals surface area contributed by atoms with Crippen molar-refractivity contribution in [2.75, 3.05) is 12.3 Å². The monoisotopic (exact) mass is 475 g/mol. The zero-order valence-electron chi connectivity index (χ0n) is 19.4. The Morgan fingerprint density at radius 2 is 1.76 bits per heavy atom. The van der Waals surface area contributed by atoms with E-state index in [1.807, 2.05) is 63.9 Å².